The van der Waals surface area contributed by atoms with Crippen molar-refractivity contribution in [3.8, 4) is 0 Å². The maximum absolute atomic E-state index is 10.5. The van der Waals surface area contributed by atoms with Gasteiger partial charge in [0.15, 0.2) is 17.7 Å². The minimum atomic E-state index is -1.09. The third-order valence-corrected chi connectivity index (χ3v) is 5.76. The number of aliphatic hydroxyl groups is 2. The smallest absolute Gasteiger partial charge is 0.167 e. The minimum Gasteiger partial charge on any atom is -0.388 e. The first kappa shape index (κ1) is 17.6. The summed E-state index contributed by atoms with van der Waals surface area (Å²) in [5.74, 6) is 0.718. The summed E-state index contributed by atoms with van der Waals surface area (Å²) in [5, 5.41) is 21.0. The zero-order chi connectivity index (χ0) is 18.3. The molecule has 0 spiro atoms. The quantitative estimate of drug-likeness (QED) is 0.608. The van der Waals surface area contributed by atoms with E-state index in [2.05, 4.69) is 15.0 Å². The third kappa shape index (κ3) is 3.05. The van der Waals surface area contributed by atoms with Gasteiger partial charge in [0.05, 0.1) is 12.4 Å². The molecule has 26 heavy (non-hydrogen) atoms. The molecular weight excluding hydrogens is 336 g/mol. The molecule has 4 rings (SSSR count). The van der Waals surface area contributed by atoms with Crippen LogP contribution in [0.4, 0.5) is 5.82 Å². The second kappa shape index (κ2) is 7.07. The zero-order valence-corrected chi connectivity index (χ0v) is 14.6. The lowest BCUT2D eigenvalue weighted by Crippen LogP contribution is -2.39. The molecule has 1 saturated carbocycles. The van der Waals surface area contributed by atoms with Gasteiger partial charge in [0.2, 0.25) is 0 Å². The number of ether oxygens (including phenoxy) is 1. The molecule has 3 heterocycles. The average Bonchev–Trinajstić information content (AvgIpc) is 3.20. The molecule has 2 fully saturated rings. The van der Waals surface area contributed by atoms with Gasteiger partial charge in [-0.05, 0) is 25.2 Å². The number of fused-ring (bicyclic) bond motifs is 1. The minimum absolute atomic E-state index is 0.0431. The Bertz CT molecular complexity index is 762. The first-order valence-electron chi connectivity index (χ1n) is 9.26. The maximum atomic E-state index is 10.5. The molecule has 0 radical (unpaired) electrons. The maximum Gasteiger partial charge on any atom is 0.167 e. The van der Waals surface area contributed by atoms with Crippen LogP contribution in [0.1, 0.15) is 44.8 Å². The number of rotatable bonds is 4. The predicted octanol–water partition coefficient (Wildman–Crippen LogP) is 0.325. The monoisotopic (exact) mass is 362 g/mol. The molecular formula is C17H26N6O3. The Morgan fingerprint density at radius 2 is 1.92 bits per heavy atom. The molecule has 6 N–H and O–H groups in total. The van der Waals surface area contributed by atoms with Crippen molar-refractivity contribution >= 4 is 17.0 Å². The van der Waals surface area contributed by atoms with Gasteiger partial charge in [0.25, 0.3) is 0 Å². The summed E-state index contributed by atoms with van der Waals surface area (Å²) in [5.41, 5.74) is 13.1. The van der Waals surface area contributed by atoms with Gasteiger partial charge in [-0.25, -0.2) is 15.0 Å². The summed E-state index contributed by atoms with van der Waals surface area (Å²) in [6, 6.07) is -0.0431. The van der Waals surface area contributed by atoms with E-state index in [-0.39, 0.29) is 11.9 Å². The first-order chi connectivity index (χ1) is 12.6. The van der Waals surface area contributed by atoms with Gasteiger partial charge in [-0.1, -0.05) is 19.3 Å². The van der Waals surface area contributed by atoms with E-state index in [9.17, 15) is 10.2 Å². The molecule has 0 aromatic carbocycles. The fraction of sp³-hybridized carbons (Fsp3) is 0.706. The van der Waals surface area contributed by atoms with E-state index in [4.69, 9.17) is 16.2 Å². The molecule has 1 aliphatic carbocycles. The lowest BCUT2D eigenvalue weighted by Gasteiger charge is -2.29. The van der Waals surface area contributed by atoms with Crippen LogP contribution in [-0.2, 0) is 4.74 Å². The lowest BCUT2D eigenvalue weighted by molar-refractivity contribution is -0.0404. The van der Waals surface area contributed by atoms with Crippen molar-refractivity contribution in [1.82, 2.24) is 19.5 Å². The summed E-state index contributed by atoms with van der Waals surface area (Å²) in [4.78, 5) is 12.3. The zero-order valence-electron chi connectivity index (χ0n) is 14.6. The summed E-state index contributed by atoms with van der Waals surface area (Å²) >= 11 is 0. The molecule has 2 aromatic rings. The van der Waals surface area contributed by atoms with E-state index in [0.29, 0.717) is 23.5 Å². The van der Waals surface area contributed by atoms with Crippen molar-refractivity contribution in [1.29, 1.82) is 0 Å². The number of hydrogen-bond donors (Lipinski definition) is 4. The van der Waals surface area contributed by atoms with E-state index in [1.54, 1.807) is 4.57 Å². The molecule has 1 aliphatic heterocycles. The largest absolute Gasteiger partial charge is 0.388 e. The number of nitrogens with two attached hydrogens (primary N) is 2. The van der Waals surface area contributed by atoms with Gasteiger partial charge in [0.1, 0.15) is 24.1 Å². The highest BCUT2D eigenvalue weighted by molar-refractivity contribution is 5.81. The van der Waals surface area contributed by atoms with Crippen LogP contribution in [-0.4, -0.2) is 54.1 Å². The van der Waals surface area contributed by atoms with Gasteiger partial charge in [0, 0.05) is 6.04 Å². The van der Waals surface area contributed by atoms with Crippen molar-refractivity contribution in [3.05, 3.63) is 12.7 Å². The molecule has 1 saturated heterocycles. The number of aliphatic hydroxyl groups excluding tert-OH is 2. The number of nitrogen functional groups attached to an aromatic ring is 1. The molecule has 9 nitrogen and oxygen atoms in total. The summed E-state index contributed by atoms with van der Waals surface area (Å²) in [6.07, 6.45) is 5.88. The van der Waals surface area contributed by atoms with E-state index in [1.165, 1.54) is 31.9 Å². The van der Waals surface area contributed by atoms with Gasteiger partial charge in [-0.2, -0.15) is 0 Å². The summed E-state index contributed by atoms with van der Waals surface area (Å²) in [7, 11) is 0. The second-order valence-corrected chi connectivity index (χ2v) is 7.43. The Hall–Kier alpha value is -1.81. The Morgan fingerprint density at radius 3 is 2.69 bits per heavy atom. The van der Waals surface area contributed by atoms with Crippen LogP contribution in [0.3, 0.4) is 0 Å². The van der Waals surface area contributed by atoms with E-state index < -0.39 is 24.5 Å². The van der Waals surface area contributed by atoms with Crippen molar-refractivity contribution in [3.63, 3.8) is 0 Å². The van der Waals surface area contributed by atoms with Gasteiger partial charge >= 0.3 is 0 Å². The SMILES string of the molecule is Nc1ncnc2c1ncn2[C@@H]1O[C@H](CC(N)C2CCCCC2)[C@@H](O)[C@H]1O. The fourth-order valence-corrected chi connectivity index (χ4v) is 4.23. The summed E-state index contributed by atoms with van der Waals surface area (Å²) in [6.45, 7) is 0. The van der Waals surface area contributed by atoms with Gasteiger partial charge < -0.3 is 26.4 Å². The number of nitrogens with zero attached hydrogens (tertiary/aromatic N) is 4. The highest BCUT2D eigenvalue weighted by Crippen LogP contribution is 2.35. The number of hydrogen-bond acceptors (Lipinski definition) is 8. The Balaban J connectivity index is 1.51. The molecule has 2 aromatic heterocycles. The molecule has 9 heteroatoms. The average molecular weight is 362 g/mol. The molecule has 1 unspecified atom stereocenters. The third-order valence-electron chi connectivity index (χ3n) is 5.76. The van der Waals surface area contributed by atoms with Crippen LogP contribution in [0.15, 0.2) is 12.7 Å². The van der Waals surface area contributed by atoms with E-state index in [1.807, 2.05) is 0 Å². The lowest BCUT2D eigenvalue weighted by atomic mass is 9.82. The van der Waals surface area contributed by atoms with Crippen molar-refractivity contribution in [2.24, 2.45) is 11.7 Å². The molecule has 142 valence electrons. The molecule has 0 amide bonds. The highest BCUT2D eigenvalue weighted by atomic mass is 16.6. The predicted molar refractivity (Wildman–Crippen MR) is 94.8 cm³/mol. The molecule has 5 atom stereocenters. The number of anilines is 1. The van der Waals surface area contributed by atoms with Crippen LogP contribution in [0, 0.1) is 5.92 Å². The Kier molecular flexibility index (Phi) is 4.78. The van der Waals surface area contributed by atoms with Crippen LogP contribution in [0.2, 0.25) is 0 Å². The Labute approximate surface area is 151 Å². The summed E-state index contributed by atoms with van der Waals surface area (Å²) < 4.78 is 7.57. The van der Waals surface area contributed by atoms with Crippen LogP contribution < -0.4 is 11.5 Å². The fourth-order valence-electron chi connectivity index (χ4n) is 4.23. The van der Waals surface area contributed by atoms with Gasteiger partial charge in [-0.15, -0.1) is 0 Å². The first-order valence-corrected chi connectivity index (χ1v) is 9.26. The topological polar surface area (TPSA) is 145 Å². The van der Waals surface area contributed by atoms with Crippen molar-refractivity contribution in [2.75, 3.05) is 5.73 Å². The van der Waals surface area contributed by atoms with Crippen LogP contribution in [0.5, 0.6) is 0 Å². The normalized spacial score (nSPS) is 31.5. The standard InChI is InChI=1S/C17H26N6O3/c18-10(9-4-2-1-3-5-9)6-11-13(24)14(25)17(26-11)23-8-22-12-15(19)20-7-21-16(12)23/h7-11,13-14,17,24-25H,1-6,18H2,(H2,19,20,21)/t10?,11-,13-,14-,17-/m1/s1. The Morgan fingerprint density at radius 1 is 1.15 bits per heavy atom. The number of imidazole rings is 1. The molecule has 2 aliphatic rings. The van der Waals surface area contributed by atoms with Crippen molar-refractivity contribution < 1.29 is 14.9 Å². The highest BCUT2D eigenvalue weighted by Gasteiger charge is 2.45. The number of aromatic nitrogens is 4. The molecule has 0 bridgehead atoms. The van der Waals surface area contributed by atoms with E-state index in [0.717, 1.165) is 12.8 Å². The van der Waals surface area contributed by atoms with Crippen LogP contribution in [0.25, 0.3) is 11.2 Å². The van der Waals surface area contributed by atoms with Crippen molar-refractivity contribution in [2.45, 2.75) is 69.1 Å². The van der Waals surface area contributed by atoms with Crippen LogP contribution >= 0.6 is 0 Å². The van der Waals surface area contributed by atoms with Gasteiger partial charge in [-0.3, -0.25) is 4.57 Å². The second-order valence-electron chi connectivity index (χ2n) is 7.43. The van der Waals surface area contributed by atoms with E-state index >= 15 is 0 Å².